The molecule has 1 fully saturated rings. The van der Waals surface area contributed by atoms with Gasteiger partial charge in [0.15, 0.2) is 11.5 Å². The van der Waals surface area contributed by atoms with E-state index in [2.05, 4.69) is 5.32 Å². The van der Waals surface area contributed by atoms with E-state index in [-0.39, 0.29) is 17.9 Å². The second kappa shape index (κ2) is 8.97. The normalized spacial score (nSPS) is 17.2. The highest BCUT2D eigenvalue weighted by atomic mass is 16.6. The van der Waals surface area contributed by atoms with Crippen LogP contribution >= 0.6 is 0 Å². The summed E-state index contributed by atoms with van der Waals surface area (Å²) in [7, 11) is 3.16. The van der Waals surface area contributed by atoms with Gasteiger partial charge in [-0.2, -0.15) is 0 Å². The van der Waals surface area contributed by atoms with E-state index < -0.39 is 5.60 Å². The maximum absolute atomic E-state index is 12.6. The number of amides is 2. The quantitative estimate of drug-likeness (QED) is 0.852. The van der Waals surface area contributed by atoms with Gasteiger partial charge >= 0.3 is 6.09 Å². The van der Waals surface area contributed by atoms with Crippen molar-refractivity contribution in [1.29, 1.82) is 0 Å². The van der Waals surface area contributed by atoms with Crippen LogP contribution in [0.4, 0.5) is 4.79 Å². The second-order valence-corrected chi connectivity index (χ2v) is 7.67. The van der Waals surface area contributed by atoms with Crippen molar-refractivity contribution < 1.29 is 23.8 Å². The van der Waals surface area contributed by atoms with E-state index >= 15 is 0 Å². The van der Waals surface area contributed by atoms with Gasteiger partial charge in [0.05, 0.1) is 20.1 Å². The number of nitrogens with zero attached hydrogens (tertiary/aromatic N) is 1. The van der Waals surface area contributed by atoms with Crippen LogP contribution in [0.15, 0.2) is 18.2 Å². The Labute approximate surface area is 161 Å². The largest absolute Gasteiger partial charge is 0.493 e. The van der Waals surface area contributed by atoms with E-state index in [9.17, 15) is 9.59 Å². The van der Waals surface area contributed by atoms with Crippen LogP contribution in [-0.4, -0.2) is 49.8 Å². The van der Waals surface area contributed by atoms with Crippen molar-refractivity contribution in [1.82, 2.24) is 10.2 Å². The summed E-state index contributed by atoms with van der Waals surface area (Å²) < 4.78 is 15.9. The lowest BCUT2D eigenvalue weighted by Gasteiger charge is -2.33. The zero-order valence-electron chi connectivity index (χ0n) is 16.8. The lowest BCUT2D eigenvalue weighted by atomic mass is 9.97. The Morgan fingerprint density at radius 3 is 2.52 bits per heavy atom. The second-order valence-electron chi connectivity index (χ2n) is 7.67. The van der Waals surface area contributed by atoms with E-state index in [0.717, 1.165) is 18.4 Å². The minimum Gasteiger partial charge on any atom is -0.493 e. The van der Waals surface area contributed by atoms with Crippen molar-refractivity contribution >= 4 is 12.0 Å². The molecular weight excluding hydrogens is 348 g/mol. The summed E-state index contributed by atoms with van der Waals surface area (Å²) in [6.07, 6.45) is 1.19. The lowest BCUT2D eigenvalue weighted by Crippen LogP contribution is -2.46. The van der Waals surface area contributed by atoms with Crippen molar-refractivity contribution in [3.63, 3.8) is 0 Å². The number of nitrogens with one attached hydrogen (secondary N) is 1. The minimum absolute atomic E-state index is 0.0574. The summed E-state index contributed by atoms with van der Waals surface area (Å²) >= 11 is 0. The number of hydrogen-bond donors (Lipinski definition) is 1. The van der Waals surface area contributed by atoms with E-state index in [1.54, 1.807) is 19.1 Å². The predicted molar refractivity (Wildman–Crippen MR) is 102 cm³/mol. The number of hydrogen-bond acceptors (Lipinski definition) is 5. The highest BCUT2D eigenvalue weighted by molar-refractivity contribution is 5.80. The highest BCUT2D eigenvalue weighted by Gasteiger charge is 2.30. The van der Waals surface area contributed by atoms with Crippen LogP contribution in [0, 0.1) is 5.92 Å². The van der Waals surface area contributed by atoms with Gasteiger partial charge in [0, 0.05) is 19.6 Å². The van der Waals surface area contributed by atoms with Gasteiger partial charge < -0.3 is 24.4 Å². The van der Waals surface area contributed by atoms with E-state index in [1.165, 1.54) is 0 Å². The van der Waals surface area contributed by atoms with Crippen LogP contribution in [0.3, 0.4) is 0 Å². The standard InChI is InChI=1S/C20H30N2O5/c1-20(2,3)27-19(24)22-10-6-7-15(13-22)18(23)21-12-14-8-9-16(25-4)17(11-14)26-5/h8-9,11,15H,6-7,10,12-13H2,1-5H3,(H,21,23)/t15-/m0/s1. The van der Waals surface area contributed by atoms with Crippen molar-refractivity contribution in [2.24, 2.45) is 5.92 Å². The molecule has 0 unspecified atom stereocenters. The summed E-state index contributed by atoms with van der Waals surface area (Å²) in [6.45, 7) is 6.90. The molecule has 0 spiro atoms. The number of rotatable bonds is 5. The average Bonchev–Trinajstić information content (AvgIpc) is 2.64. The summed E-state index contributed by atoms with van der Waals surface area (Å²) in [4.78, 5) is 26.4. The number of benzene rings is 1. The molecule has 1 aliphatic heterocycles. The van der Waals surface area contributed by atoms with Crippen LogP contribution in [-0.2, 0) is 16.1 Å². The Kier molecular flexibility index (Phi) is 6.93. The zero-order chi connectivity index (χ0) is 20.0. The molecule has 2 rings (SSSR count). The van der Waals surface area contributed by atoms with Crippen LogP contribution in [0.2, 0.25) is 0 Å². The molecular formula is C20H30N2O5. The van der Waals surface area contributed by atoms with Gasteiger partial charge in [0.25, 0.3) is 0 Å². The van der Waals surface area contributed by atoms with E-state index in [4.69, 9.17) is 14.2 Å². The Balaban J connectivity index is 1.91. The van der Waals surface area contributed by atoms with Gasteiger partial charge in [-0.15, -0.1) is 0 Å². The predicted octanol–water partition coefficient (Wildman–Crippen LogP) is 2.97. The fourth-order valence-corrected chi connectivity index (χ4v) is 3.01. The van der Waals surface area contributed by atoms with Gasteiger partial charge in [0.1, 0.15) is 5.60 Å². The first-order chi connectivity index (χ1) is 12.7. The summed E-state index contributed by atoms with van der Waals surface area (Å²) in [6, 6.07) is 5.54. The molecule has 0 aliphatic carbocycles. The third-order valence-corrected chi connectivity index (χ3v) is 4.36. The molecule has 150 valence electrons. The maximum atomic E-state index is 12.6. The fraction of sp³-hybridized carbons (Fsp3) is 0.600. The summed E-state index contributed by atoms with van der Waals surface area (Å²) in [5.74, 6) is 0.982. The SMILES string of the molecule is COc1ccc(CNC(=O)[C@H]2CCCN(C(=O)OC(C)(C)C)C2)cc1OC. The highest BCUT2D eigenvalue weighted by Crippen LogP contribution is 2.27. The Hall–Kier alpha value is -2.44. The topological polar surface area (TPSA) is 77.1 Å². The molecule has 0 bridgehead atoms. The molecule has 1 aliphatic rings. The maximum Gasteiger partial charge on any atom is 0.410 e. The third-order valence-electron chi connectivity index (χ3n) is 4.36. The third kappa shape index (κ3) is 6.05. The minimum atomic E-state index is -0.542. The molecule has 1 saturated heterocycles. The number of likely N-dealkylation sites (tertiary alicyclic amines) is 1. The van der Waals surface area contributed by atoms with Gasteiger partial charge in [-0.3, -0.25) is 4.79 Å². The van der Waals surface area contributed by atoms with Gasteiger partial charge in [-0.05, 0) is 51.3 Å². The summed E-state index contributed by atoms with van der Waals surface area (Å²) in [5.41, 5.74) is 0.375. The average molecular weight is 378 g/mol. The number of methoxy groups -OCH3 is 2. The van der Waals surface area contributed by atoms with E-state index in [1.807, 2.05) is 39.0 Å². The smallest absolute Gasteiger partial charge is 0.410 e. The molecule has 1 aromatic rings. The molecule has 7 nitrogen and oxygen atoms in total. The molecule has 27 heavy (non-hydrogen) atoms. The summed E-state index contributed by atoms with van der Waals surface area (Å²) in [5, 5.41) is 2.95. The number of ether oxygens (including phenoxy) is 3. The van der Waals surface area contributed by atoms with Crippen molar-refractivity contribution in [3.8, 4) is 11.5 Å². The van der Waals surface area contributed by atoms with E-state index in [0.29, 0.717) is 31.1 Å². The van der Waals surface area contributed by atoms with Gasteiger partial charge in [-0.1, -0.05) is 6.07 Å². The Bertz CT molecular complexity index is 669. The molecule has 1 N–H and O–H groups in total. The van der Waals surface area contributed by atoms with Crippen LogP contribution in [0.5, 0.6) is 11.5 Å². The molecule has 0 radical (unpaired) electrons. The number of carbonyl (C=O) groups excluding carboxylic acids is 2. The number of carbonyl (C=O) groups is 2. The van der Waals surface area contributed by atoms with Crippen molar-refractivity contribution in [3.05, 3.63) is 23.8 Å². The monoisotopic (exact) mass is 378 g/mol. The first kappa shape index (κ1) is 20.9. The number of piperidine rings is 1. The molecule has 2 amide bonds. The first-order valence-corrected chi connectivity index (χ1v) is 9.20. The Morgan fingerprint density at radius 1 is 1.19 bits per heavy atom. The van der Waals surface area contributed by atoms with Gasteiger partial charge in [-0.25, -0.2) is 4.79 Å². The lowest BCUT2D eigenvalue weighted by molar-refractivity contribution is -0.126. The Morgan fingerprint density at radius 2 is 1.89 bits per heavy atom. The van der Waals surface area contributed by atoms with Crippen LogP contribution < -0.4 is 14.8 Å². The van der Waals surface area contributed by atoms with Crippen LogP contribution in [0.25, 0.3) is 0 Å². The fourth-order valence-electron chi connectivity index (χ4n) is 3.01. The molecule has 0 saturated carbocycles. The molecule has 1 aromatic carbocycles. The zero-order valence-corrected chi connectivity index (χ0v) is 16.8. The van der Waals surface area contributed by atoms with Crippen molar-refractivity contribution in [2.75, 3.05) is 27.3 Å². The molecule has 1 atom stereocenters. The molecule has 1 heterocycles. The molecule has 0 aromatic heterocycles. The van der Waals surface area contributed by atoms with Crippen molar-refractivity contribution in [2.45, 2.75) is 45.8 Å². The van der Waals surface area contributed by atoms with Gasteiger partial charge in [0.2, 0.25) is 5.91 Å². The van der Waals surface area contributed by atoms with Crippen LogP contribution in [0.1, 0.15) is 39.2 Å². The molecule has 7 heteroatoms. The first-order valence-electron chi connectivity index (χ1n) is 9.20.